The lowest BCUT2D eigenvalue weighted by Gasteiger charge is -2.16. The fraction of sp³-hybridized carbons (Fsp3) is 1.00. The number of alkyl halides is 4. The zero-order chi connectivity index (χ0) is 9.56. The van der Waals surface area contributed by atoms with Crippen molar-refractivity contribution in [2.45, 2.75) is 41.8 Å². The van der Waals surface area contributed by atoms with E-state index >= 15 is 0 Å². The lowest BCUT2D eigenvalue weighted by molar-refractivity contribution is 0.661. The van der Waals surface area contributed by atoms with Gasteiger partial charge in [0.1, 0.15) is 0 Å². The van der Waals surface area contributed by atoms with Crippen molar-refractivity contribution in [3.63, 3.8) is 0 Å². The van der Waals surface area contributed by atoms with Gasteiger partial charge >= 0.3 is 0 Å². The molecule has 0 radical (unpaired) electrons. The zero-order valence-corrected chi connectivity index (χ0v) is 11.8. The Kier molecular flexibility index (Phi) is 8.91. The lowest BCUT2D eigenvalue weighted by atomic mass is 10.1. The van der Waals surface area contributed by atoms with E-state index in [0.717, 1.165) is 24.6 Å². The summed E-state index contributed by atoms with van der Waals surface area (Å²) >= 11 is 18.9. The standard InChI is InChI=1S/C8H14Br2Cl2/c1-6(11)5-8(12)7(10)3-2-4-9/h6-8H,2-5H2,1H3. The average Bonchev–Trinajstić information content (AvgIpc) is 1.98. The Balaban J connectivity index is 3.53. The van der Waals surface area contributed by atoms with E-state index in [4.69, 9.17) is 23.2 Å². The molecule has 0 aromatic heterocycles. The van der Waals surface area contributed by atoms with E-state index in [2.05, 4.69) is 31.9 Å². The van der Waals surface area contributed by atoms with Crippen LogP contribution >= 0.6 is 55.1 Å². The molecule has 0 fully saturated rings. The highest BCUT2D eigenvalue weighted by molar-refractivity contribution is 9.09. The first-order valence-corrected chi connectivity index (χ1v) is 6.97. The molecule has 0 N–H and O–H groups in total. The molecule has 0 aliphatic carbocycles. The van der Waals surface area contributed by atoms with E-state index in [-0.39, 0.29) is 10.8 Å². The number of halogens is 4. The fourth-order valence-electron chi connectivity index (χ4n) is 0.911. The van der Waals surface area contributed by atoms with Gasteiger partial charge in [0.05, 0.1) is 0 Å². The van der Waals surface area contributed by atoms with E-state index < -0.39 is 0 Å². The summed E-state index contributed by atoms with van der Waals surface area (Å²) in [6, 6.07) is 0. The molecule has 0 spiro atoms. The Hall–Kier alpha value is 1.54. The Morgan fingerprint density at radius 3 is 2.33 bits per heavy atom. The first-order chi connectivity index (χ1) is 5.57. The van der Waals surface area contributed by atoms with Crippen LogP contribution in [0.4, 0.5) is 0 Å². The maximum absolute atomic E-state index is 6.12. The van der Waals surface area contributed by atoms with E-state index in [9.17, 15) is 0 Å². The van der Waals surface area contributed by atoms with Crippen LogP contribution in [-0.2, 0) is 0 Å². The highest BCUT2D eigenvalue weighted by Crippen LogP contribution is 2.23. The summed E-state index contributed by atoms with van der Waals surface area (Å²) in [6.07, 6.45) is 3.11. The average molecular weight is 341 g/mol. The van der Waals surface area contributed by atoms with Gasteiger partial charge in [0, 0.05) is 20.9 Å². The predicted octanol–water partition coefficient (Wildman–Crippen LogP) is 4.55. The lowest BCUT2D eigenvalue weighted by Crippen LogP contribution is -2.17. The van der Waals surface area contributed by atoms with Crippen LogP contribution in [0.2, 0.25) is 0 Å². The van der Waals surface area contributed by atoms with Gasteiger partial charge in [0.15, 0.2) is 0 Å². The minimum Gasteiger partial charge on any atom is -0.123 e. The van der Waals surface area contributed by atoms with Gasteiger partial charge in [-0.15, -0.1) is 23.2 Å². The summed E-state index contributed by atoms with van der Waals surface area (Å²) in [6.45, 7) is 1.97. The summed E-state index contributed by atoms with van der Waals surface area (Å²) in [7, 11) is 0. The van der Waals surface area contributed by atoms with Crippen molar-refractivity contribution in [1.82, 2.24) is 0 Å². The van der Waals surface area contributed by atoms with E-state index in [1.165, 1.54) is 0 Å². The van der Waals surface area contributed by atoms with Crippen LogP contribution in [0.15, 0.2) is 0 Å². The smallest absolute Gasteiger partial charge is 0.0475 e. The van der Waals surface area contributed by atoms with Gasteiger partial charge in [-0.05, 0) is 26.2 Å². The number of rotatable bonds is 6. The molecule has 0 bridgehead atoms. The molecule has 3 unspecified atom stereocenters. The third-order valence-corrected chi connectivity index (χ3v) is 4.18. The third-order valence-electron chi connectivity index (χ3n) is 1.56. The van der Waals surface area contributed by atoms with E-state index in [1.54, 1.807) is 0 Å². The molecule has 0 nitrogen and oxygen atoms in total. The van der Waals surface area contributed by atoms with Crippen molar-refractivity contribution in [1.29, 1.82) is 0 Å². The molecule has 0 rings (SSSR count). The molecule has 0 aliphatic heterocycles. The van der Waals surface area contributed by atoms with Crippen molar-refractivity contribution in [2.24, 2.45) is 0 Å². The Labute approximate surface area is 102 Å². The largest absolute Gasteiger partial charge is 0.123 e. The molecule has 0 heterocycles. The molecule has 0 saturated carbocycles. The van der Waals surface area contributed by atoms with Crippen molar-refractivity contribution in [3.05, 3.63) is 0 Å². The molecular formula is C8H14Br2Cl2. The molecule has 3 atom stereocenters. The van der Waals surface area contributed by atoms with Crippen molar-refractivity contribution in [3.8, 4) is 0 Å². The second kappa shape index (κ2) is 7.90. The molecule has 4 heteroatoms. The normalized spacial score (nSPS) is 18.8. The van der Waals surface area contributed by atoms with Crippen molar-refractivity contribution >= 4 is 55.1 Å². The third kappa shape index (κ3) is 6.99. The molecule has 0 amide bonds. The molecule has 12 heavy (non-hydrogen) atoms. The van der Waals surface area contributed by atoms with Crippen LogP contribution in [0, 0.1) is 0 Å². The molecular weight excluding hydrogens is 327 g/mol. The van der Waals surface area contributed by atoms with Crippen LogP contribution in [0.25, 0.3) is 0 Å². The van der Waals surface area contributed by atoms with Gasteiger partial charge in [-0.3, -0.25) is 0 Å². The summed E-state index contributed by atoms with van der Waals surface area (Å²) < 4.78 is 0. The van der Waals surface area contributed by atoms with Crippen LogP contribution < -0.4 is 0 Å². The Morgan fingerprint density at radius 1 is 1.33 bits per heavy atom. The first-order valence-electron chi connectivity index (χ1n) is 4.06. The minimum absolute atomic E-state index is 0.150. The fourth-order valence-corrected chi connectivity index (χ4v) is 2.45. The highest BCUT2D eigenvalue weighted by Gasteiger charge is 2.17. The highest BCUT2D eigenvalue weighted by atomic mass is 79.9. The SMILES string of the molecule is CC(Cl)CC(Cl)C(Br)CCCBr. The minimum atomic E-state index is 0.150. The quantitative estimate of drug-likeness (QED) is 0.622. The summed E-state index contributed by atoms with van der Waals surface area (Å²) in [5.41, 5.74) is 0. The monoisotopic (exact) mass is 338 g/mol. The molecule has 0 aromatic rings. The van der Waals surface area contributed by atoms with Gasteiger partial charge < -0.3 is 0 Å². The van der Waals surface area contributed by atoms with E-state index in [1.807, 2.05) is 6.92 Å². The molecule has 0 saturated heterocycles. The maximum atomic E-state index is 6.12. The summed E-state index contributed by atoms with van der Waals surface area (Å²) in [5, 5.41) is 1.35. The van der Waals surface area contributed by atoms with Gasteiger partial charge in [-0.2, -0.15) is 0 Å². The van der Waals surface area contributed by atoms with Crippen molar-refractivity contribution < 1.29 is 0 Å². The Bertz CT molecular complexity index is 109. The number of hydrogen-bond acceptors (Lipinski definition) is 0. The Morgan fingerprint density at radius 2 is 1.92 bits per heavy atom. The summed E-state index contributed by atoms with van der Waals surface area (Å²) in [5.74, 6) is 0. The molecule has 74 valence electrons. The predicted molar refractivity (Wildman–Crippen MR) is 65.3 cm³/mol. The second-order valence-electron chi connectivity index (χ2n) is 2.88. The zero-order valence-electron chi connectivity index (χ0n) is 7.07. The van der Waals surface area contributed by atoms with Crippen LogP contribution in [-0.4, -0.2) is 20.9 Å². The summed E-state index contributed by atoms with van der Waals surface area (Å²) in [4.78, 5) is 0.387. The second-order valence-corrected chi connectivity index (χ2v) is 6.15. The van der Waals surface area contributed by atoms with E-state index in [0.29, 0.717) is 4.83 Å². The number of hydrogen-bond donors (Lipinski definition) is 0. The molecule has 0 aliphatic rings. The van der Waals surface area contributed by atoms with Crippen LogP contribution in [0.3, 0.4) is 0 Å². The van der Waals surface area contributed by atoms with Crippen LogP contribution in [0.5, 0.6) is 0 Å². The maximum Gasteiger partial charge on any atom is 0.0475 e. The molecule has 0 aromatic carbocycles. The van der Waals surface area contributed by atoms with Gasteiger partial charge in [0.25, 0.3) is 0 Å². The van der Waals surface area contributed by atoms with Gasteiger partial charge in [-0.1, -0.05) is 31.9 Å². The van der Waals surface area contributed by atoms with Gasteiger partial charge in [0.2, 0.25) is 0 Å². The topological polar surface area (TPSA) is 0 Å². The van der Waals surface area contributed by atoms with Gasteiger partial charge in [-0.25, -0.2) is 0 Å². The van der Waals surface area contributed by atoms with Crippen molar-refractivity contribution in [2.75, 3.05) is 5.33 Å². The first kappa shape index (κ1) is 13.5. The van der Waals surface area contributed by atoms with Crippen LogP contribution in [0.1, 0.15) is 26.2 Å².